The van der Waals surface area contributed by atoms with Gasteiger partial charge in [0.1, 0.15) is 17.2 Å². The second-order valence-electron chi connectivity index (χ2n) is 4.46. The van der Waals surface area contributed by atoms with Gasteiger partial charge in [0.05, 0.1) is 12.7 Å². The first-order chi connectivity index (χ1) is 10.0. The van der Waals surface area contributed by atoms with Gasteiger partial charge < -0.3 is 26.0 Å². The monoisotopic (exact) mass is 288 g/mol. The smallest absolute Gasteiger partial charge is 0.255 e. The molecular weight excluding hydrogens is 272 g/mol. The van der Waals surface area contributed by atoms with E-state index in [1.807, 2.05) is 0 Å². The average Bonchev–Trinajstić information content (AvgIpc) is 2.47. The number of aromatic hydroxyl groups is 2. The normalized spacial score (nSPS) is 10.1. The Morgan fingerprint density at radius 3 is 2.71 bits per heavy atom. The molecule has 5 N–H and O–H groups in total. The predicted molar refractivity (Wildman–Crippen MR) is 78.3 cm³/mol. The molecule has 0 saturated heterocycles. The highest BCUT2D eigenvalue weighted by Crippen LogP contribution is 2.23. The molecule has 2 aromatic rings. The molecule has 110 valence electrons. The molecular formula is C15H16N2O4. The zero-order chi connectivity index (χ0) is 15.4. The first kappa shape index (κ1) is 14.5. The first-order valence-electron chi connectivity index (χ1n) is 6.24. The highest BCUT2D eigenvalue weighted by Gasteiger charge is 2.13. The summed E-state index contributed by atoms with van der Waals surface area (Å²) in [7, 11) is 1.53. The van der Waals surface area contributed by atoms with Crippen molar-refractivity contribution in [1.82, 2.24) is 5.32 Å². The number of benzene rings is 2. The molecule has 0 fully saturated rings. The number of anilines is 1. The number of phenolic OH excluding ortho intramolecular Hbond substituents is 2. The molecule has 1 amide bonds. The van der Waals surface area contributed by atoms with Gasteiger partial charge in [-0.1, -0.05) is 0 Å². The number of nitrogen functional groups attached to an aromatic ring is 1. The highest BCUT2D eigenvalue weighted by atomic mass is 16.5. The number of rotatable bonds is 4. The summed E-state index contributed by atoms with van der Waals surface area (Å²) in [6.07, 6.45) is 0. The van der Waals surface area contributed by atoms with Crippen molar-refractivity contribution < 1.29 is 19.7 Å². The largest absolute Gasteiger partial charge is 0.508 e. The maximum absolute atomic E-state index is 12.0. The molecule has 0 heterocycles. The van der Waals surface area contributed by atoms with Crippen molar-refractivity contribution in [1.29, 1.82) is 0 Å². The van der Waals surface area contributed by atoms with E-state index in [1.54, 1.807) is 18.2 Å². The molecule has 0 aliphatic rings. The molecule has 0 unspecified atom stereocenters. The number of phenols is 2. The van der Waals surface area contributed by atoms with E-state index < -0.39 is 5.91 Å². The van der Waals surface area contributed by atoms with Crippen LogP contribution in [0.15, 0.2) is 36.4 Å². The summed E-state index contributed by atoms with van der Waals surface area (Å²) in [5.74, 6) is -0.207. The molecule has 0 aromatic heterocycles. The number of carbonyl (C=O) groups excluding carboxylic acids is 1. The Labute approximate surface area is 121 Å². The zero-order valence-electron chi connectivity index (χ0n) is 11.5. The minimum atomic E-state index is -0.507. The molecule has 0 radical (unpaired) electrons. The third kappa shape index (κ3) is 3.36. The van der Waals surface area contributed by atoms with E-state index in [0.717, 1.165) is 0 Å². The standard InChI is InChI=1S/C15H16N2O4/c1-21-14-5-2-10(16)6-9(14)8-17-15(20)12-7-11(18)3-4-13(12)19/h2-7,18-19H,8,16H2,1H3,(H,17,20). The van der Waals surface area contributed by atoms with E-state index in [-0.39, 0.29) is 23.6 Å². The van der Waals surface area contributed by atoms with Crippen molar-refractivity contribution in [2.24, 2.45) is 0 Å². The highest BCUT2D eigenvalue weighted by molar-refractivity contribution is 5.97. The van der Waals surface area contributed by atoms with Crippen molar-refractivity contribution in [3.05, 3.63) is 47.5 Å². The fourth-order valence-corrected chi connectivity index (χ4v) is 1.91. The van der Waals surface area contributed by atoms with Crippen LogP contribution in [0.5, 0.6) is 17.2 Å². The zero-order valence-corrected chi connectivity index (χ0v) is 11.5. The minimum absolute atomic E-state index is 0.00197. The van der Waals surface area contributed by atoms with Gasteiger partial charge in [0.15, 0.2) is 0 Å². The maximum Gasteiger partial charge on any atom is 0.255 e. The van der Waals surface area contributed by atoms with E-state index in [4.69, 9.17) is 10.5 Å². The van der Waals surface area contributed by atoms with Gasteiger partial charge in [-0.2, -0.15) is 0 Å². The SMILES string of the molecule is COc1ccc(N)cc1CNC(=O)c1cc(O)ccc1O. The van der Waals surface area contributed by atoms with Crippen molar-refractivity contribution in [2.45, 2.75) is 6.54 Å². The van der Waals surface area contributed by atoms with Crippen LogP contribution in [0.25, 0.3) is 0 Å². The Morgan fingerprint density at radius 2 is 2.00 bits per heavy atom. The fourth-order valence-electron chi connectivity index (χ4n) is 1.91. The molecule has 0 bridgehead atoms. The summed E-state index contributed by atoms with van der Waals surface area (Å²) < 4.78 is 5.18. The summed E-state index contributed by atoms with van der Waals surface area (Å²) in [6.45, 7) is 0.183. The molecule has 2 aromatic carbocycles. The third-order valence-corrected chi connectivity index (χ3v) is 2.97. The summed E-state index contributed by atoms with van der Waals surface area (Å²) in [5.41, 5.74) is 6.97. The lowest BCUT2D eigenvalue weighted by molar-refractivity contribution is 0.0947. The van der Waals surface area contributed by atoms with Gasteiger partial charge in [-0.3, -0.25) is 4.79 Å². The second kappa shape index (κ2) is 6.04. The van der Waals surface area contributed by atoms with Gasteiger partial charge in [-0.05, 0) is 36.4 Å². The number of carbonyl (C=O) groups is 1. The Morgan fingerprint density at radius 1 is 1.24 bits per heavy atom. The number of hydrogen-bond acceptors (Lipinski definition) is 5. The van der Waals surface area contributed by atoms with Gasteiger partial charge in [-0.15, -0.1) is 0 Å². The molecule has 0 saturated carbocycles. The molecule has 0 spiro atoms. The number of methoxy groups -OCH3 is 1. The van der Waals surface area contributed by atoms with E-state index in [9.17, 15) is 15.0 Å². The lowest BCUT2D eigenvalue weighted by Crippen LogP contribution is -2.23. The van der Waals surface area contributed by atoms with Crippen LogP contribution in [0.1, 0.15) is 15.9 Å². The van der Waals surface area contributed by atoms with Crippen LogP contribution < -0.4 is 15.8 Å². The summed E-state index contributed by atoms with van der Waals surface area (Å²) in [4.78, 5) is 12.0. The van der Waals surface area contributed by atoms with E-state index >= 15 is 0 Å². The molecule has 0 aliphatic heterocycles. The van der Waals surface area contributed by atoms with Gasteiger partial charge in [-0.25, -0.2) is 0 Å². The van der Waals surface area contributed by atoms with Crippen molar-refractivity contribution >= 4 is 11.6 Å². The molecule has 21 heavy (non-hydrogen) atoms. The van der Waals surface area contributed by atoms with Crippen LogP contribution >= 0.6 is 0 Å². The van der Waals surface area contributed by atoms with E-state index in [1.165, 1.54) is 25.3 Å². The summed E-state index contributed by atoms with van der Waals surface area (Å²) >= 11 is 0. The van der Waals surface area contributed by atoms with Crippen LogP contribution in [-0.2, 0) is 6.54 Å². The van der Waals surface area contributed by atoms with Crippen LogP contribution in [0, 0.1) is 0 Å². The number of nitrogens with two attached hydrogens (primary N) is 1. The third-order valence-electron chi connectivity index (χ3n) is 2.97. The summed E-state index contributed by atoms with van der Waals surface area (Å²) in [6, 6.07) is 8.86. The Balaban J connectivity index is 2.14. The summed E-state index contributed by atoms with van der Waals surface area (Å²) in [5, 5.41) is 21.6. The molecule has 0 atom stereocenters. The lowest BCUT2D eigenvalue weighted by Gasteiger charge is -2.11. The lowest BCUT2D eigenvalue weighted by atomic mass is 10.1. The molecule has 6 nitrogen and oxygen atoms in total. The van der Waals surface area contributed by atoms with Crippen molar-refractivity contribution in [3.63, 3.8) is 0 Å². The number of ether oxygens (including phenoxy) is 1. The quantitative estimate of drug-likeness (QED) is 0.505. The van der Waals surface area contributed by atoms with Crippen LogP contribution in [0.2, 0.25) is 0 Å². The van der Waals surface area contributed by atoms with Crippen LogP contribution in [0.3, 0.4) is 0 Å². The van der Waals surface area contributed by atoms with Crippen LogP contribution in [-0.4, -0.2) is 23.2 Å². The molecule has 6 heteroatoms. The second-order valence-corrected chi connectivity index (χ2v) is 4.46. The topological polar surface area (TPSA) is 105 Å². The number of nitrogens with one attached hydrogen (secondary N) is 1. The van der Waals surface area contributed by atoms with E-state index in [2.05, 4.69) is 5.32 Å². The molecule has 2 rings (SSSR count). The Kier molecular flexibility index (Phi) is 4.18. The number of hydrogen-bond donors (Lipinski definition) is 4. The van der Waals surface area contributed by atoms with Crippen molar-refractivity contribution in [2.75, 3.05) is 12.8 Å². The Hall–Kier alpha value is -2.89. The van der Waals surface area contributed by atoms with Gasteiger partial charge >= 0.3 is 0 Å². The van der Waals surface area contributed by atoms with E-state index in [0.29, 0.717) is 17.0 Å². The minimum Gasteiger partial charge on any atom is -0.508 e. The predicted octanol–water partition coefficient (Wildman–Crippen LogP) is 1.62. The van der Waals surface area contributed by atoms with Crippen LogP contribution in [0.4, 0.5) is 5.69 Å². The average molecular weight is 288 g/mol. The van der Waals surface area contributed by atoms with Gasteiger partial charge in [0.2, 0.25) is 0 Å². The maximum atomic E-state index is 12.0. The van der Waals surface area contributed by atoms with Crippen molar-refractivity contribution in [3.8, 4) is 17.2 Å². The molecule has 0 aliphatic carbocycles. The number of amides is 1. The van der Waals surface area contributed by atoms with Gasteiger partial charge in [0, 0.05) is 17.8 Å². The van der Waals surface area contributed by atoms with Gasteiger partial charge in [0.25, 0.3) is 5.91 Å². The Bertz CT molecular complexity index is 671. The fraction of sp³-hybridized carbons (Fsp3) is 0.133. The first-order valence-corrected chi connectivity index (χ1v) is 6.24.